The Morgan fingerprint density at radius 1 is 1.19 bits per heavy atom. The number of carboxylic acid groups (broad SMARTS) is 1. The standard InChI is InChI=1S/C16H30N2O3/c1-4-13(5-2)18-15(19)11(3)17-10-12-8-6-7-9-14(12)16(20)21/h11-14,17H,4-10H2,1-3H3,(H,18,19)(H,20,21). The number of nitrogens with one attached hydrogen (secondary N) is 2. The van der Waals surface area contributed by atoms with Crippen LogP contribution in [0, 0.1) is 11.8 Å². The molecular weight excluding hydrogens is 268 g/mol. The van der Waals surface area contributed by atoms with Gasteiger partial charge in [0.05, 0.1) is 12.0 Å². The van der Waals surface area contributed by atoms with Crippen LogP contribution in [0.2, 0.25) is 0 Å². The van der Waals surface area contributed by atoms with Gasteiger partial charge in [-0.2, -0.15) is 0 Å². The fourth-order valence-electron chi connectivity index (χ4n) is 3.02. The molecule has 1 rings (SSSR count). The van der Waals surface area contributed by atoms with Gasteiger partial charge < -0.3 is 15.7 Å². The summed E-state index contributed by atoms with van der Waals surface area (Å²) in [5.41, 5.74) is 0. The van der Waals surface area contributed by atoms with E-state index in [1.54, 1.807) is 0 Å². The summed E-state index contributed by atoms with van der Waals surface area (Å²) in [6.45, 7) is 6.57. The van der Waals surface area contributed by atoms with Crippen LogP contribution in [0.15, 0.2) is 0 Å². The van der Waals surface area contributed by atoms with Crippen LogP contribution in [0.25, 0.3) is 0 Å². The van der Waals surface area contributed by atoms with Crippen molar-refractivity contribution in [3.63, 3.8) is 0 Å². The number of hydrogen-bond acceptors (Lipinski definition) is 3. The van der Waals surface area contributed by atoms with Crippen LogP contribution in [0.5, 0.6) is 0 Å². The molecule has 0 aromatic carbocycles. The molecule has 1 saturated carbocycles. The Morgan fingerprint density at radius 2 is 1.81 bits per heavy atom. The van der Waals surface area contributed by atoms with Gasteiger partial charge in [-0.05, 0) is 45.1 Å². The van der Waals surface area contributed by atoms with Crippen molar-refractivity contribution in [2.45, 2.75) is 71.4 Å². The molecule has 1 aliphatic rings. The van der Waals surface area contributed by atoms with Crippen molar-refractivity contribution in [2.75, 3.05) is 6.54 Å². The zero-order valence-corrected chi connectivity index (χ0v) is 13.5. The smallest absolute Gasteiger partial charge is 0.306 e. The summed E-state index contributed by atoms with van der Waals surface area (Å²) in [6.07, 6.45) is 5.64. The first-order valence-corrected chi connectivity index (χ1v) is 8.26. The minimum absolute atomic E-state index is 0.00591. The Hall–Kier alpha value is -1.10. The number of hydrogen-bond donors (Lipinski definition) is 3. The molecule has 122 valence electrons. The van der Waals surface area contributed by atoms with E-state index in [1.165, 1.54) is 0 Å². The maximum absolute atomic E-state index is 12.1. The monoisotopic (exact) mass is 298 g/mol. The van der Waals surface area contributed by atoms with Crippen LogP contribution >= 0.6 is 0 Å². The molecule has 0 radical (unpaired) electrons. The first-order chi connectivity index (χ1) is 9.99. The van der Waals surface area contributed by atoms with Gasteiger partial charge in [-0.3, -0.25) is 9.59 Å². The summed E-state index contributed by atoms with van der Waals surface area (Å²) in [6, 6.07) is -0.0508. The normalized spacial score (nSPS) is 23.8. The fraction of sp³-hybridized carbons (Fsp3) is 0.875. The van der Waals surface area contributed by atoms with Crippen molar-refractivity contribution in [3.05, 3.63) is 0 Å². The van der Waals surface area contributed by atoms with Gasteiger partial charge in [-0.1, -0.05) is 26.7 Å². The topological polar surface area (TPSA) is 78.4 Å². The van der Waals surface area contributed by atoms with E-state index in [1.807, 2.05) is 6.92 Å². The van der Waals surface area contributed by atoms with E-state index >= 15 is 0 Å². The molecule has 5 heteroatoms. The predicted octanol–water partition coefficient (Wildman–Crippen LogP) is 2.16. The lowest BCUT2D eigenvalue weighted by molar-refractivity contribution is -0.144. The number of amides is 1. The van der Waals surface area contributed by atoms with E-state index < -0.39 is 5.97 Å². The highest BCUT2D eigenvalue weighted by Crippen LogP contribution is 2.29. The molecule has 0 aromatic heterocycles. The molecule has 1 aliphatic carbocycles. The summed E-state index contributed by atoms with van der Waals surface area (Å²) in [5, 5.41) is 15.5. The number of aliphatic carboxylic acids is 1. The zero-order valence-electron chi connectivity index (χ0n) is 13.5. The van der Waals surface area contributed by atoms with Gasteiger partial charge in [-0.25, -0.2) is 0 Å². The maximum Gasteiger partial charge on any atom is 0.306 e. The molecule has 5 nitrogen and oxygen atoms in total. The number of carboxylic acids is 1. The second-order valence-electron chi connectivity index (χ2n) is 6.14. The van der Waals surface area contributed by atoms with Gasteiger partial charge in [0, 0.05) is 6.04 Å². The van der Waals surface area contributed by atoms with E-state index in [0.29, 0.717) is 6.54 Å². The summed E-state index contributed by atoms with van der Waals surface area (Å²) < 4.78 is 0. The number of rotatable bonds is 8. The summed E-state index contributed by atoms with van der Waals surface area (Å²) >= 11 is 0. The maximum atomic E-state index is 12.1. The summed E-state index contributed by atoms with van der Waals surface area (Å²) in [7, 11) is 0. The Kier molecular flexibility index (Phi) is 7.72. The minimum Gasteiger partial charge on any atom is -0.481 e. The minimum atomic E-state index is -0.698. The fourth-order valence-corrected chi connectivity index (χ4v) is 3.02. The molecule has 0 spiro atoms. The van der Waals surface area contributed by atoms with E-state index in [-0.39, 0.29) is 29.8 Å². The van der Waals surface area contributed by atoms with Crippen molar-refractivity contribution in [2.24, 2.45) is 11.8 Å². The van der Waals surface area contributed by atoms with Gasteiger partial charge in [0.2, 0.25) is 5.91 Å². The van der Waals surface area contributed by atoms with Crippen molar-refractivity contribution in [1.82, 2.24) is 10.6 Å². The van der Waals surface area contributed by atoms with Crippen molar-refractivity contribution in [3.8, 4) is 0 Å². The Balaban J connectivity index is 2.41. The second-order valence-corrected chi connectivity index (χ2v) is 6.14. The van der Waals surface area contributed by atoms with Crippen LogP contribution in [0.1, 0.15) is 59.3 Å². The third kappa shape index (κ3) is 5.65. The van der Waals surface area contributed by atoms with Crippen LogP contribution in [0.4, 0.5) is 0 Å². The number of carbonyl (C=O) groups is 2. The van der Waals surface area contributed by atoms with Gasteiger partial charge >= 0.3 is 5.97 Å². The quantitative estimate of drug-likeness (QED) is 0.641. The van der Waals surface area contributed by atoms with E-state index in [4.69, 9.17) is 0 Å². The number of carbonyl (C=O) groups excluding carboxylic acids is 1. The molecule has 3 atom stereocenters. The lowest BCUT2D eigenvalue weighted by Gasteiger charge is -2.30. The molecule has 0 bridgehead atoms. The molecule has 3 unspecified atom stereocenters. The van der Waals surface area contributed by atoms with Gasteiger partial charge in [0.1, 0.15) is 0 Å². The van der Waals surface area contributed by atoms with Gasteiger partial charge in [0.15, 0.2) is 0 Å². The van der Waals surface area contributed by atoms with Gasteiger partial charge in [0.25, 0.3) is 0 Å². The highest BCUT2D eigenvalue weighted by atomic mass is 16.4. The highest BCUT2D eigenvalue weighted by Gasteiger charge is 2.31. The van der Waals surface area contributed by atoms with Crippen LogP contribution in [-0.2, 0) is 9.59 Å². The molecule has 0 heterocycles. The van der Waals surface area contributed by atoms with Gasteiger partial charge in [-0.15, -0.1) is 0 Å². The largest absolute Gasteiger partial charge is 0.481 e. The molecule has 0 aromatic rings. The van der Waals surface area contributed by atoms with Crippen molar-refractivity contribution < 1.29 is 14.7 Å². The average Bonchev–Trinajstić information content (AvgIpc) is 2.49. The van der Waals surface area contributed by atoms with Crippen LogP contribution in [0.3, 0.4) is 0 Å². The van der Waals surface area contributed by atoms with Crippen LogP contribution in [-0.4, -0.2) is 35.6 Å². The third-order valence-electron chi connectivity index (χ3n) is 4.64. The highest BCUT2D eigenvalue weighted by molar-refractivity contribution is 5.81. The van der Waals surface area contributed by atoms with E-state index in [2.05, 4.69) is 24.5 Å². The second kappa shape index (κ2) is 9.03. The molecule has 0 aliphatic heterocycles. The first kappa shape index (κ1) is 18.0. The van der Waals surface area contributed by atoms with E-state index in [0.717, 1.165) is 38.5 Å². The SMILES string of the molecule is CCC(CC)NC(=O)C(C)NCC1CCCCC1C(=O)O. The first-order valence-electron chi connectivity index (χ1n) is 8.26. The molecule has 1 fully saturated rings. The lowest BCUT2D eigenvalue weighted by atomic mass is 9.79. The summed E-state index contributed by atoms with van der Waals surface area (Å²) in [5.74, 6) is -0.817. The summed E-state index contributed by atoms with van der Waals surface area (Å²) in [4.78, 5) is 23.3. The van der Waals surface area contributed by atoms with Crippen LogP contribution < -0.4 is 10.6 Å². The molecular formula is C16H30N2O3. The Labute approximate surface area is 127 Å². The Morgan fingerprint density at radius 3 is 2.38 bits per heavy atom. The molecule has 0 saturated heterocycles. The Bertz CT molecular complexity index is 342. The zero-order chi connectivity index (χ0) is 15.8. The molecule has 3 N–H and O–H groups in total. The van der Waals surface area contributed by atoms with Crippen molar-refractivity contribution >= 4 is 11.9 Å². The molecule has 21 heavy (non-hydrogen) atoms. The average molecular weight is 298 g/mol. The molecule has 1 amide bonds. The third-order valence-corrected chi connectivity index (χ3v) is 4.64. The van der Waals surface area contributed by atoms with Crippen molar-refractivity contribution in [1.29, 1.82) is 0 Å². The lowest BCUT2D eigenvalue weighted by Crippen LogP contribution is -2.48. The predicted molar refractivity (Wildman–Crippen MR) is 83.1 cm³/mol. The van der Waals surface area contributed by atoms with E-state index in [9.17, 15) is 14.7 Å².